The van der Waals surface area contributed by atoms with E-state index in [0.717, 1.165) is 31.6 Å². The number of halogens is 1. The number of hydrogen-bond donors (Lipinski definition) is 1. The molecule has 2 aromatic rings. The minimum Gasteiger partial charge on any atom is -0.492 e. The van der Waals surface area contributed by atoms with Crippen LogP contribution >= 0.6 is 11.6 Å². The van der Waals surface area contributed by atoms with Crippen LogP contribution in [-0.2, 0) is 11.3 Å². The lowest BCUT2D eigenvalue weighted by Crippen LogP contribution is -2.35. The fraction of sp³-hybridized carbons (Fsp3) is 0.474. The first-order chi connectivity index (χ1) is 12.6. The zero-order valence-corrected chi connectivity index (χ0v) is 15.8. The molecule has 1 aromatic carbocycles. The molecular formula is C19H25ClN4O2. The van der Waals surface area contributed by atoms with E-state index in [4.69, 9.17) is 16.3 Å². The SMILES string of the molecule is CN(CCOc1cccc(Cl)c1)C(=O)Cn1nccc1C1CCCNC1. The lowest BCUT2D eigenvalue weighted by molar-refractivity contribution is -0.131. The molecule has 0 saturated carbocycles. The molecule has 3 rings (SSSR count). The molecule has 6 nitrogen and oxygen atoms in total. The molecule has 1 amide bonds. The smallest absolute Gasteiger partial charge is 0.244 e. The van der Waals surface area contributed by atoms with Crippen LogP contribution in [0.25, 0.3) is 0 Å². The Morgan fingerprint density at radius 1 is 1.46 bits per heavy atom. The van der Waals surface area contributed by atoms with Crippen molar-refractivity contribution in [1.29, 1.82) is 0 Å². The molecule has 1 fully saturated rings. The van der Waals surface area contributed by atoms with Crippen molar-refractivity contribution in [3.05, 3.63) is 47.2 Å². The van der Waals surface area contributed by atoms with Gasteiger partial charge in [-0.2, -0.15) is 5.10 Å². The summed E-state index contributed by atoms with van der Waals surface area (Å²) in [6.07, 6.45) is 4.07. The molecule has 1 N–H and O–H groups in total. The number of likely N-dealkylation sites (N-methyl/N-ethyl adjacent to an activating group) is 1. The number of carbonyl (C=O) groups is 1. The molecular weight excluding hydrogens is 352 g/mol. The van der Waals surface area contributed by atoms with Gasteiger partial charge in [-0.25, -0.2) is 0 Å². The van der Waals surface area contributed by atoms with E-state index in [-0.39, 0.29) is 12.5 Å². The lowest BCUT2D eigenvalue weighted by Gasteiger charge is -2.24. The summed E-state index contributed by atoms with van der Waals surface area (Å²) < 4.78 is 7.48. The number of hydrogen-bond acceptors (Lipinski definition) is 4. The summed E-state index contributed by atoms with van der Waals surface area (Å²) >= 11 is 5.94. The van der Waals surface area contributed by atoms with E-state index in [1.54, 1.807) is 30.3 Å². The van der Waals surface area contributed by atoms with Gasteiger partial charge < -0.3 is 15.0 Å². The maximum Gasteiger partial charge on any atom is 0.244 e. The van der Waals surface area contributed by atoms with Crippen molar-refractivity contribution in [2.75, 3.05) is 33.3 Å². The Morgan fingerprint density at radius 3 is 3.12 bits per heavy atom. The van der Waals surface area contributed by atoms with Crippen LogP contribution in [0.2, 0.25) is 5.02 Å². The van der Waals surface area contributed by atoms with E-state index in [0.29, 0.717) is 29.8 Å². The summed E-state index contributed by atoms with van der Waals surface area (Å²) in [6, 6.07) is 9.27. The Labute approximate surface area is 159 Å². The number of benzene rings is 1. The topological polar surface area (TPSA) is 59.4 Å². The number of ether oxygens (including phenoxy) is 1. The summed E-state index contributed by atoms with van der Waals surface area (Å²) in [5.74, 6) is 1.15. The summed E-state index contributed by atoms with van der Waals surface area (Å²) in [7, 11) is 1.79. The summed E-state index contributed by atoms with van der Waals surface area (Å²) in [6.45, 7) is 3.20. The third kappa shape index (κ3) is 4.99. The van der Waals surface area contributed by atoms with Gasteiger partial charge in [0.2, 0.25) is 5.91 Å². The molecule has 26 heavy (non-hydrogen) atoms. The van der Waals surface area contributed by atoms with Gasteiger partial charge in [0.15, 0.2) is 0 Å². The second-order valence-electron chi connectivity index (χ2n) is 6.58. The van der Waals surface area contributed by atoms with Gasteiger partial charge in [-0.1, -0.05) is 17.7 Å². The Morgan fingerprint density at radius 2 is 2.35 bits per heavy atom. The van der Waals surface area contributed by atoms with Crippen LogP contribution in [0.4, 0.5) is 0 Å². The van der Waals surface area contributed by atoms with E-state index in [1.165, 1.54) is 0 Å². The predicted octanol–water partition coefficient (Wildman–Crippen LogP) is 2.54. The molecule has 1 aliphatic rings. The highest BCUT2D eigenvalue weighted by Gasteiger charge is 2.20. The highest BCUT2D eigenvalue weighted by molar-refractivity contribution is 6.30. The van der Waals surface area contributed by atoms with Crippen LogP contribution in [0.15, 0.2) is 36.5 Å². The highest BCUT2D eigenvalue weighted by atomic mass is 35.5. The third-order valence-electron chi connectivity index (χ3n) is 4.67. The van der Waals surface area contributed by atoms with Crippen LogP contribution in [-0.4, -0.2) is 53.9 Å². The van der Waals surface area contributed by atoms with E-state index in [1.807, 2.05) is 22.9 Å². The van der Waals surface area contributed by atoms with Crippen molar-refractivity contribution in [2.45, 2.75) is 25.3 Å². The van der Waals surface area contributed by atoms with Crippen molar-refractivity contribution in [1.82, 2.24) is 20.0 Å². The van der Waals surface area contributed by atoms with Crippen LogP contribution < -0.4 is 10.1 Å². The Bertz CT molecular complexity index is 728. The fourth-order valence-electron chi connectivity index (χ4n) is 3.16. The van der Waals surface area contributed by atoms with Gasteiger partial charge in [0, 0.05) is 36.4 Å². The number of aromatic nitrogens is 2. The Kier molecular flexibility index (Phi) is 6.52. The first kappa shape index (κ1) is 18.7. The fourth-order valence-corrected chi connectivity index (χ4v) is 3.34. The molecule has 0 bridgehead atoms. The third-order valence-corrected chi connectivity index (χ3v) is 4.90. The summed E-state index contributed by atoms with van der Waals surface area (Å²) in [5.41, 5.74) is 1.13. The quantitative estimate of drug-likeness (QED) is 0.806. The second-order valence-corrected chi connectivity index (χ2v) is 7.01. The molecule has 1 saturated heterocycles. The Hall–Kier alpha value is -2.05. The van der Waals surface area contributed by atoms with Crippen molar-refractivity contribution >= 4 is 17.5 Å². The molecule has 0 aliphatic carbocycles. The van der Waals surface area contributed by atoms with E-state index >= 15 is 0 Å². The lowest BCUT2D eigenvalue weighted by atomic mass is 9.96. The van der Waals surface area contributed by atoms with Crippen LogP contribution in [0.3, 0.4) is 0 Å². The van der Waals surface area contributed by atoms with Gasteiger partial charge in [0.25, 0.3) is 0 Å². The van der Waals surface area contributed by atoms with Crippen molar-refractivity contribution in [3.63, 3.8) is 0 Å². The molecule has 1 unspecified atom stereocenters. The summed E-state index contributed by atoms with van der Waals surface area (Å²) in [5, 5.41) is 8.39. The zero-order chi connectivity index (χ0) is 18.4. The number of amides is 1. The van der Waals surface area contributed by atoms with Gasteiger partial charge in [-0.05, 0) is 43.7 Å². The van der Waals surface area contributed by atoms with Crippen LogP contribution in [0, 0.1) is 0 Å². The number of nitrogens with one attached hydrogen (secondary N) is 1. The van der Waals surface area contributed by atoms with Crippen LogP contribution in [0.5, 0.6) is 5.75 Å². The number of rotatable bonds is 7. The van der Waals surface area contributed by atoms with Crippen LogP contribution in [0.1, 0.15) is 24.5 Å². The van der Waals surface area contributed by atoms with Crippen molar-refractivity contribution in [3.8, 4) is 5.75 Å². The van der Waals surface area contributed by atoms with Crippen molar-refractivity contribution < 1.29 is 9.53 Å². The molecule has 1 atom stereocenters. The van der Waals surface area contributed by atoms with Gasteiger partial charge >= 0.3 is 0 Å². The monoisotopic (exact) mass is 376 g/mol. The molecule has 1 aliphatic heterocycles. The molecule has 7 heteroatoms. The molecule has 1 aromatic heterocycles. The molecule has 0 radical (unpaired) electrons. The van der Waals surface area contributed by atoms with Gasteiger partial charge in [0.1, 0.15) is 18.9 Å². The van der Waals surface area contributed by atoms with Gasteiger partial charge in [-0.3, -0.25) is 9.48 Å². The standard InChI is InChI=1S/C19H25ClN4O2/c1-23(10-11-26-17-6-2-5-16(20)12-17)19(25)14-24-18(7-9-22-24)15-4-3-8-21-13-15/h2,5-7,9,12,15,21H,3-4,8,10-11,13-14H2,1H3. The second kappa shape index (κ2) is 9.05. The van der Waals surface area contributed by atoms with E-state index < -0.39 is 0 Å². The van der Waals surface area contributed by atoms with E-state index in [2.05, 4.69) is 10.4 Å². The average molecular weight is 377 g/mol. The van der Waals surface area contributed by atoms with Crippen molar-refractivity contribution in [2.24, 2.45) is 0 Å². The minimum atomic E-state index is 0.0217. The molecule has 140 valence electrons. The zero-order valence-electron chi connectivity index (χ0n) is 15.0. The first-order valence-corrected chi connectivity index (χ1v) is 9.36. The maximum atomic E-state index is 12.5. The molecule has 0 spiro atoms. The summed E-state index contributed by atoms with van der Waals surface area (Å²) in [4.78, 5) is 14.2. The minimum absolute atomic E-state index is 0.0217. The maximum absolute atomic E-state index is 12.5. The van der Waals surface area contributed by atoms with E-state index in [9.17, 15) is 4.79 Å². The van der Waals surface area contributed by atoms with Gasteiger partial charge in [0.05, 0.1) is 6.54 Å². The van der Waals surface area contributed by atoms with Gasteiger partial charge in [-0.15, -0.1) is 0 Å². The normalized spacial score (nSPS) is 17.1. The highest BCUT2D eigenvalue weighted by Crippen LogP contribution is 2.22. The number of nitrogens with zero attached hydrogens (tertiary/aromatic N) is 3. The first-order valence-electron chi connectivity index (χ1n) is 8.98. The Balaban J connectivity index is 1.49. The number of carbonyl (C=O) groups excluding carboxylic acids is 1. The average Bonchev–Trinajstić information content (AvgIpc) is 3.10. The molecule has 2 heterocycles. The largest absolute Gasteiger partial charge is 0.492 e. The predicted molar refractivity (Wildman–Crippen MR) is 102 cm³/mol. The number of piperidine rings is 1.